The van der Waals surface area contributed by atoms with E-state index in [9.17, 15) is 8.78 Å². The fraction of sp³-hybridized carbons (Fsp3) is 0.200. The van der Waals surface area contributed by atoms with Gasteiger partial charge in [0.15, 0.2) is 5.83 Å². The van der Waals surface area contributed by atoms with Gasteiger partial charge in [0.2, 0.25) is 11.4 Å². The molecular weight excluding hydrogens is 292 g/mol. The van der Waals surface area contributed by atoms with Gasteiger partial charge in [0.1, 0.15) is 29.8 Å². The molecule has 0 radical (unpaired) electrons. The largest absolute Gasteiger partial charge is 0.243 e. The van der Waals surface area contributed by atoms with Crippen LogP contribution in [0.5, 0.6) is 0 Å². The lowest BCUT2D eigenvalue weighted by Crippen LogP contribution is -2.56. The van der Waals surface area contributed by atoms with Gasteiger partial charge >= 0.3 is 0 Å². The second-order valence-corrected chi connectivity index (χ2v) is 5.83. The van der Waals surface area contributed by atoms with Crippen molar-refractivity contribution < 1.29 is 13.3 Å². The molecule has 0 aliphatic carbocycles. The predicted molar refractivity (Wildman–Crippen MR) is 78.3 cm³/mol. The molecule has 2 aliphatic rings. The van der Waals surface area contributed by atoms with Crippen LogP contribution in [0.15, 0.2) is 47.0 Å². The summed E-state index contributed by atoms with van der Waals surface area (Å²) >= 11 is 1.20. The van der Waals surface area contributed by atoms with E-state index < -0.39 is 18.0 Å². The second-order valence-electron chi connectivity index (χ2n) is 4.89. The van der Waals surface area contributed by atoms with Crippen LogP contribution in [0.4, 0.5) is 8.78 Å². The van der Waals surface area contributed by atoms with Crippen LogP contribution < -0.4 is 0 Å². The van der Waals surface area contributed by atoms with Crippen LogP contribution in [-0.2, 0) is 12.2 Å². The van der Waals surface area contributed by atoms with Crippen LogP contribution in [0, 0.1) is 12.3 Å². The van der Waals surface area contributed by atoms with Crippen molar-refractivity contribution in [2.45, 2.75) is 19.1 Å². The minimum absolute atomic E-state index is 0.0821. The number of nitrogens with zero attached hydrogens (tertiary/aromatic N) is 3. The summed E-state index contributed by atoms with van der Waals surface area (Å²) in [6.07, 6.45) is 13.4. The molecular formula is C15H12F2N3S+. The number of halogens is 2. The maximum atomic E-state index is 13.8. The van der Waals surface area contributed by atoms with Crippen molar-refractivity contribution in [2.24, 2.45) is 4.99 Å². The summed E-state index contributed by atoms with van der Waals surface area (Å²) in [5, 5.41) is 2.07. The van der Waals surface area contributed by atoms with E-state index in [-0.39, 0.29) is 4.48 Å². The topological polar surface area (TPSA) is 25.2 Å². The molecule has 21 heavy (non-hydrogen) atoms. The minimum Gasteiger partial charge on any atom is -0.243 e. The van der Waals surface area contributed by atoms with Gasteiger partial charge in [-0.1, -0.05) is 0 Å². The number of aliphatic imine (C=N–C) groups is 1. The van der Waals surface area contributed by atoms with Crippen molar-refractivity contribution in [3.05, 3.63) is 52.7 Å². The summed E-state index contributed by atoms with van der Waals surface area (Å²) in [6, 6.07) is 0. The fourth-order valence-corrected chi connectivity index (χ4v) is 3.27. The highest BCUT2D eigenvalue weighted by Crippen LogP contribution is 2.42. The summed E-state index contributed by atoms with van der Waals surface area (Å²) < 4.78 is 26.5. The number of amidine groups is 1. The molecule has 3 rings (SSSR count). The molecule has 0 fully saturated rings. The van der Waals surface area contributed by atoms with Crippen LogP contribution in [0.1, 0.15) is 17.6 Å². The zero-order valence-corrected chi connectivity index (χ0v) is 12.1. The molecule has 1 aromatic heterocycles. The lowest BCUT2D eigenvalue weighted by atomic mass is 9.93. The first-order valence-electron chi connectivity index (χ1n) is 6.25. The van der Waals surface area contributed by atoms with Gasteiger partial charge in [0.25, 0.3) is 0 Å². The Hall–Kier alpha value is -2.10. The van der Waals surface area contributed by atoms with E-state index in [1.54, 1.807) is 30.8 Å². The number of aromatic nitrogens is 1. The van der Waals surface area contributed by atoms with E-state index in [4.69, 9.17) is 6.42 Å². The Morgan fingerprint density at radius 1 is 1.48 bits per heavy atom. The van der Waals surface area contributed by atoms with E-state index in [0.717, 1.165) is 0 Å². The van der Waals surface area contributed by atoms with Crippen LogP contribution in [0.25, 0.3) is 0 Å². The Labute approximate surface area is 125 Å². The van der Waals surface area contributed by atoms with E-state index in [0.29, 0.717) is 16.5 Å². The number of hydrogen-bond donors (Lipinski definition) is 0. The van der Waals surface area contributed by atoms with Crippen molar-refractivity contribution in [1.29, 1.82) is 0 Å². The molecule has 0 bridgehead atoms. The number of terminal acetylenes is 1. The highest BCUT2D eigenvalue weighted by Gasteiger charge is 2.53. The number of rotatable bonds is 3. The first-order chi connectivity index (χ1) is 10.1. The molecule has 6 heteroatoms. The van der Waals surface area contributed by atoms with E-state index >= 15 is 0 Å². The Kier molecular flexibility index (Phi) is 3.12. The lowest BCUT2D eigenvalue weighted by molar-refractivity contribution is -0.788. The number of alkyl halides is 1. The van der Waals surface area contributed by atoms with Crippen LogP contribution in [0.2, 0.25) is 0 Å². The highest BCUT2D eigenvalue weighted by atomic mass is 32.1. The second kappa shape index (κ2) is 4.72. The number of fused-ring (bicyclic) bond motifs is 1. The molecule has 0 spiro atoms. The van der Waals surface area contributed by atoms with Gasteiger partial charge in [-0.25, -0.2) is 13.8 Å². The van der Waals surface area contributed by atoms with Gasteiger partial charge < -0.3 is 0 Å². The normalized spacial score (nSPS) is 25.8. The van der Waals surface area contributed by atoms with Gasteiger partial charge in [-0.05, 0) is 12.0 Å². The van der Waals surface area contributed by atoms with Crippen LogP contribution >= 0.6 is 11.3 Å². The Morgan fingerprint density at radius 2 is 2.29 bits per heavy atom. The lowest BCUT2D eigenvalue weighted by Gasteiger charge is -2.40. The van der Waals surface area contributed by atoms with E-state index in [1.165, 1.54) is 23.6 Å². The van der Waals surface area contributed by atoms with Gasteiger partial charge in [0, 0.05) is 18.4 Å². The summed E-state index contributed by atoms with van der Waals surface area (Å²) in [5.41, 5.74) is -0.473. The third-order valence-corrected chi connectivity index (χ3v) is 4.61. The molecule has 0 N–H and O–H groups in total. The molecule has 0 amide bonds. The summed E-state index contributed by atoms with van der Waals surface area (Å²) in [7, 11) is 0. The van der Waals surface area contributed by atoms with Gasteiger partial charge in [-0.2, -0.15) is 9.48 Å². The minimum atomic E-state index is -1.00. The molecule has 0 saturated heterocycles. The van der Waals surface area contributed by atoms with Crippen molar-refractivity contribution in [1.82, 2.24) is 4.98 Å². The summed E-state index contributed by atoms with van der Waals surface area (Å²) in [5.74, 6) is 2.90. The fourth-order valence-electron chi connectivity index (χ4n) is 2.53. The predicted octanol–water partition coefficient (Wildman–Crippen LogP) is 3.54. The van der Waals surface area contributed by atoms with Crippen molar-refractivity contribution in [2.75, 3.05) is 0 Å². The first kappa shape index (κ1) is 13.9. The molecule has 2 atom stereocenters. The Morgan fingerprint density at radius 3 is 2.95 bits per heavy atom. The third-order valence-electron chi connectivity index (χ3n) is 3.79. The maximum Gasteiger partial charge on any atom is 0.238 e. The highest BCUT2D eigenvalue weighted by molar-refractivity contribution is 7.09. The first-order valence-corrected chi connectivity index (χ1v) is 7.13. The van der Waals surface area contributed by atoms with Gasteiger partial charge in [-0.15, -0.1) is 17.8 Å². The molecule has 0 saturated carbocycles. The van der Waals surface area contributed by atoms with Gasteiger partial charge in [0.05, 0.1) is 6.20 Å². The monoisotopic (exact) mass is 304 g/mol. The zero-order valence-electron chi connectivity index (χ0n) is 11.3. The molecule has 3 heterocycles. The Balaban J connectivity index is 2.19. The van der Waals surface area contributed by atoms with E-state index in [1.807, 2.05) is 0 Å². The van der Waals surface area contributed by atoms with E-state index in [2.05, 4.69) is 15.9 Å². The van der Waals surface area contributed by atoms with Crippen molar-refractivity contribution >= 4 is 17.2 Å². The molecule has 0 aromatic carbocycles. The van der Waals surface area contributed by atoms with Crippen LogP contribution in [0.3, 0.4) is 0 Å². The molecule has 2 unspecified atom stereocenters. The smallest absolute Gasteiger partial charge is 0.238 e. The Bertz CT molecular complexity index is 753. The standard InChI is InChI=1S/C15H12F2N3S/c1-3-15(2,12-10-21-14(8-16)19-12)20-7-6-18-13(20)5-4-11(17)9-20/h1,4-7,9-10H,8H2,2H3/q+1. The number of allylic oxidation sites excluding steroid dienone is 2. The summed E-state index contributed by atoms with van der Waals surface area (Å²) in [4.78, 5) is 8.49. The molecule has 3 nitrogen and oxygen atoms in total. The molecule has 2 aliphatic heterocycles. The SMILES string of the molecule is C#CC(C)(c1csc(CF)n1)[N+]12C=CN=C1C=CC(F)=C2. The molecule has 106 valence electrons. The van der Waals surface area contributed by atoms with Crippen LogP contribution in [-0.4, -0.2) is 15.3 Å². The number of quaternary nitrogens is 1. The number of hydrogen-bond acceptors (Lipinski definition) is 3. The average molecular weight is 304 g/mol. The maximum absolute atomic E-state index is 13.8. The summed E-state index contributed by atoms with van der Waals surface area (Å²) in [6.45, 7) is 1.13. The third kappa shape index (κ3) is 1.82. The van der Waals surface area contributed by atoms with Crippen molar-refractivity contribution in [3.63, 3.8) is 0 Å². The van der Waals surface area contributed by atoms with Gasteiger partial charge in [-0.3, -0.25) is 0 Å². The number of thiazole rings is 1. The zero-order chi connectivity index (χ0) is 15.1. The average Bonchev–Trinajstić information content (AvgIpc) is 3.13. The van der Waals surface area contributed by atoms with Crippen molar-refractivity contribution in [3.8, 4) is 12.3 Å². The molecule has 1 aromatic rings. The quantitative estimate of drug-likeness (QED) is 0.619.